The van der Waals surface area contributed by atoms with E-state index in [1.165, 1.54) is 0 Å². The summed E-state index contributed by atoms with van der Waals surface area (Å²) >= 11 is 5.85. The molecule has 0 radical (unpaired) electrons. The second kappa shape index (κ2) is 4.97. The van der Waals surface area contributed by atoms with E-state index in [0.29, 0.717) is 12.0 Å². The van der Waals surface area contributed by atoms with Crippen LogP contribution in [0, 0.1) is 5.92 Å². The van der Waals surface area contributed by atoms with E-state index < -0.39 is 0 Å². The lowest BCUT2D eigenvalue weighted by atomic mass is 10.2. The molecule has 0 aromatic carbocycles. The van der Waals surface area contributed by atoms with Crippen molar-refractivity contribution in [3.8, 4) is 0 Å². The monoisotopic (exact) mass is 163 g/mol. The van der Waals surface area contributed by atoms with Crippen molar-refractivity contribution >= 4 is 11.6 Å². The van der Waals surface area contributed by atoms with Crippen LogP contribution in [0.4, 0.5) is 0 Å². The molecule has 0 aromatic rings. The van der Waals surface area contributed by atoms with E-state index in [1.54, 1.807) is 0 Å². The third-order valence-corrected chi connectivity index (χ3v) is 1.92. The number of halogens is 1. The van der Waals surface area contributed by atoms with Crippen LogP contribution in [0.2, 0.25) is 0 Å². The Labute approximate surface area is 69.1 Å². The fourth-order valence-electron chi connectivity index (χ4n) is 0.584. The first-order valence-corrected chi connectivity index (χ1v) is 4.35. The minimum absolute atomic E-state index is 0.221. The molecule has 0 saturated carbocycles. The Kier molecular flexibility index (Phi) is 5.10. The highest BCUT2D eigenvalue weighted by Gasteiger charge is 2.07. The molecule has 0 fully saturated rings. The van der Waals surface area contributed by atoms with E-state index in [-0.39, 0.29) is 5.38 Å². The Hall–Kier alpha value is 0.250. The summed E-state index contributed by atoms with van der Waals surface area (Å²) in [5.74, 6) is 0.706. The lowest BCUT2D eigenvalue weighted by Crippen LogP contribution is -2.35. The smallest absolute Gasteiger partial charge is 0.0458 e. The summed E-state index contributed by atoms with van der Waals surface area (Å²) in [5, 5.41) is 3.57. The summed E-state index contributed by atoms with van der Waals surface area (Å²) < 4.78 is 0. The fourth-order valence-corrected chi connectivity index (χ4v) is 0.673. The maximum absolute atomic E-state index is 5.85. The first kappa shape index (κ1) is 10.2. The first-order valence-electron chi connectivity index (χ1n) is 3.91. The van der Waals surface area contributed by atoms with Crippen molar-refractivity contribution in [2.45, 2.75) is 39.1 Å². The summed E-state index contributed by atoms with van der Waals surface area (Å²) in [7, 11) is 0. The van der Waals surface area contributed by atoms with Crippen molar-refractivity contribution in [2.75, 3.05) is 6.54 Å². The molecule has 0 aromatic heterocycles. The van der Waals surface area contributed by atoms with Gasteiger partial charge in [0.05, 0.1) is 0 Å². The molecule has 62 valence electrons. The van der Waals surface area contributed by atoms with Gasteiger partial charge in [-0.2, -0.15) is 0 Å². The number of alkyl halides is 1. The summed E-state index contributed by atoms with van der Waals surface area (Å²) in [6.45, 7) is 9.56. The second-order valence-electron chi connectivity index (χ2n) is 3.27. The molecular weight excluding hydrogens is 146 g/mol. The lowest BCUT2D eigenvalue weighted by molar-refractivity contribution is 0.479. The average Bonchev–Trinajstić information content (AvgIpc) is 1.82. The molecule has 2 heteroatoms. The van der Waals surface area contributed by atoms with Gasteiger partial charge in [0.15, 0.2) is 0 Å². The molecule has 2 atom stereocenters. The lowest BCUT2D eigenvalue weighted by Gasteiger charge is -2.16. The SMILES string of the molecule is CC(C)CNC(C)C(C)Cl. The van der Waals surface area contributed by atoms with Crippen LogP contribution in [0.15, 0.2) is 0 Å². The Morgan fingerprint density at radius 2 is 1.70 bits per heavy atom. The van der Waals surface area contributed by atoms with Crippen LogP contribution in [0.25, 0.3) is 0 Å². The van der Waals surface area contributed by atoms with Gasteiger partial charge in [-0.1, -0.05) is 13.8 Å². The van der Waals surface area contributed by atoms with Crippen LogP contribution in [-0.4, -0.2) is 18.0 Å². The van der Waals surface area contributed by atoms with Crippen molar-refractivity contribution in [1.82, 2.24) is 5.32 Å². The maximum atomic E-state index is 5.85. The second-order valence-corrected chi connectivity index (χ2v) is 3.96. The van der Waals surface area contributed by atoms with Crippen LogP contribution in [0.5, 0.6) is 0 Å². The topological polar surface area (TPSA) is 12.0 Å². The summed E-state index contributed by atoms with van der Waals surface area (Å²) in [4.78, 5) is 0. The standard InChI is InChI=1S/C8H18ClN/c1-6(2)5-10-8(4)7(3)9/h6-8,10H,5H2,1-4H3. The van der Waals surface area contributed by atoms with Gasteiger partial charge in [0, 0.05) is 11.4 Å². The molecule has 0 aliphatic rings. The zero-order valence-electron chi connectivity index (χ0n) is 7.32. The molecule has 10 heavy (non-hydrogen) atoms. The quantitative estimate of drug-likeness (QED) is 0.627. The molecule has 0 spiro atoms. The highest BCUT2D eigenvalue weighted by atomic mass is 35.5. The third kappa shape index (κ3) is 5.07. The largest absolute Gasteiger partial charge is 0.313 e. The van der Waals surface area contributed by atoms with Gasteiger partial charge in [-0.25, -0.2) is 0 Å². The van der Waals surface area contributed by atoms with E-state index in [9.17, 15) is 0 Å². The van der Waals surface area contributed by atoms with Gasteiger partial charge < -0.3 is 5.32 Å². The highest BCUT2D eigenvalue weighted by Crippen LogP contribution is 2.00. The van der Waals surface area contributed by atoms with Gasteiger partial charge in [-0.3, -0.25) is 0 Å². The minimum Gasteiger partial charge on any atom is -0.313 e. The Bertz CT molecular complexity index is 81.3. The van der Waals surface area contributed by atoms with Crippen molar-refractivity contribution in [3.05, 3.63) is 0 Å². The van der Waals surface area contributed by atoms with Gasteiger partial charge in [-0.15, -0.1) is 11.6 Å². The maximum Gasteiger partial charge on any atom is 0.0458 e. The van der Waals surface area contributed by atoms with Crippen LogP contribution in [0.3, 0.4) is 0 Å². The number of hydrogen-bond acceptors (Lipinski definition) is 1. The molecule has 0 rings (SSSR count). The van der Waals surface area contributed by atoms with Crippen LogP contribution in [0.1, 0.15) is 27.7 Å². The number of hydrogen-bond donors (Lipinski definition) is 1. The molecule has 2 unspecified atom stereocenters. The molecule has 1 nitrogen and oxygen atoms in total. The van der Waals surface area contributed by atoms with E-state index in [0.717, 1.165) is 6.54 Å². The van der Waals surface area contributed by atoms with Gasteiger partial charge in [0.2, 0.25) is 0 Å². The highest BCUT2D eigenvalue weighted by molar-refractivity contribution is 6.20. The molecule has 1 N–H and O–H groups in total. The number of rotatable bonds is 4. The molecule has 0 aliphatic heterocycles. The fraction of sp³-hybridized carbons (Fsp3) is 1.00. The van der Waals surface area contributed by atoms with Crippen molar-refractivity contribution in [2.24, 2.45) is 5.92 Å². The zero-order chi connectivity index (χ0) is 8.15. The predicted molar refractivity (Wildman–Crippen MR) is 47.6 cm³/mol. The van der Waals surface area contributed by atoms with Crippen LogP contribution in [-0.2, 0) is 0 Å². The summed E-state index contributed by atoms with van der Waals surface area (Å²) in [6, 6.07) is 0.420. The Morgan fingerprint density at radius 1 is 1.20 bits per heavy atom. The Morgan fingerprint density at radius 3 is 2.00 bits per heavy atom. The number of nitrogens with one attached hydrogen (secondary N) is 1. The van der Waals surface area contributed by atoms with Crippen LogP contribution < -0.4 is 5.32 Å². The van der Waals surface area contributed by atoms with Gasteiger partial charge >= 0.3 is 0 Å². The predicted octanol–water partition coefficient (Wildman–Crippen LogP) is 2.25. The van der Waals surface area contributed by atoms with Crippen molar-refractivity contribution in [3.63, 3.8) is 0 Å². The van der Waals surface area contributed by atoms with Gasteiger partial charge in [0.25, 0.3) is 0 Å². The third-order valence-electron chi connectivity index (χ3n) is 1.54. The molecule has 0 heterocycles. The molecule has 0 aliphatic carbocycles. The Balaban J connectivity index is 3.30. The van der Waals surface area contributed by atoms with Crippen LogP contribution >= 0.6 is 11.6 Å². The van der Waals surface area contributed by atoms with Gasteiger partial charge in [0.1, 0.15) is 0 Å². The minimum atomic E-state index is 0.221. The van der Waals surface area contributed by atoms with Gasteiger partial charge in [-0.05, 0) is 26.3 Å². The first-order chi connectivity index (χ1) is 4.54. The van der Waals surface area contributed by atoms with E-state index in [1.807, 2.05) is 6.92 Å². The van der Waals surface area contributed by atoms with E-state index in [2.05, 4.69) is 26.1 Å². The summed E-state index contributed by atoms with van der Waals surface area (Å²) in [6.07, 6.45) is 0. The molecule has 0 amide bonds. The zero-order valence-corrected chi connectivity index (χ0v) is 8.07. The average molecular weight is 164 g/mol. The van der Waals surface area contributed by atoms with E-state index >= 15 is 0 Å². The van der Waals surface area contributed by atoms with E-state index in [4.69, 9.17) is 11.6 Å². The normalized spacial score (nSPS) is 17.4. The molecular formula is C8H18ClN. The molecule has 0 bridgehead atoms. The molecule has 0 saturated heterocycles. The van der Waals surface area contributed by atoms with Crippen molar-refractivity contribution in [1.29, 1.82) is 0 Å². The van der Waals surface area contributed by atoms with Crippen molar-refractivity contribution < 1.29 is 0 Å². The summed E-state index contributed by atoms with van der Waals surface area (Å²) in [5.41, 5.74) is 0.